The monoisotopic (exact) mass is 161 g/mol. The van der Waals surface area contributed by atoms with Crippen LogP contribution in [0.1, 0.15) is 13.8 Å². The highest BCUT2D eigenvalue weighted by atomic mass is 16.3. The quantitative estimate of drug-likeness (QED) is 0.376. The van der Waals surface area contributed by atoms with Gasteiger partial charge in [0.2, 0.25) is 0 Å². The summed E-state index contributed by atoms with van der Waals surface area (Å²) >= 11 is 0. The summed E-state index contributed by atoms with van der Waals surface area (Å²) in [7, 11) is 0. The van der Waals surface area contributed by atoms with E-state index in [1.807, 2.05) is 0 Å². The Balaban J connectivity index is 2.69. The summed E-state index contributed by atoms with van der Waals surface area (Å²) in [4.78, 5) is 0. The average molecular weight is 161 g/mol. The molecule has 1 fully saturated rings. The molecule has 3 atom stereocenters. The molecule has 0 aromatic carbocycles. The third kappa shape index (κ3) is 1.39. The lowest BCUT2D eigenvalue weighted by Crippen LogP contribution is -2.44. The van der Waals surface area contributed by atoms with Gasteiger partial charge in [0.15, 0.2) is 0 Å². The van der Waals surface area contributed by atoms with Crippen molar-refractivity contribution in [1.29, 1.82) is 0 Å². The average Bonchev–Trinajstić information content (AvgIpc) is 2.13. The van der Waals surface area contributed by atoms with E-state index in [2.05, 4.69) is 5.32 Å². The van der Waals surface area contributed by atoms with Crippen molar-refractivity contribution in [3.05, 3.63) is 0 Å². The molecule has 0 aromatic heterocycles. The Morgan fingerprint density at radius 3 is 2.09 bits per heavy atom. The van der Waals surface area contributed by atoms with E-state index in [0.29, 0.717) is 0 Å². The van der Waals surface area contributed by atoms with Gasteiger partial charge in [-0.25, -0.2) is 0 Å². The highest BCUT2D eigenvalue weighted by Gasteiger charge is 2.45. The van der Waals surface area contributed by atoms with Crippen LogP contribution in [0.15, 0.2) is 0 Å². The lowest BCUT2D eigenvalue weighted by molar-refractivity contribution is 0.00651. The van der Waals surface area contributed by atoms with Gasteiger partial charge in [-0.15, -0.1) is 0 Å². The van der Waals surface area contributed by atoms with E-state index >= 15 is 0 Å². The zero-order chi connectivity index (χ0) is 8.65. The summed E-state index contributed by atoms with van der Waals surface area (Å²) in [5.41, 5.74) is -0.507. The molecule has 66 valence electrons. The number of aliphatic hydroxyl groups is 3. The van der Waals surface area contributed by atoms with Gasteiger partial charge >= 0.3 is 0 Å². The Morgan fingerprint density at radius 1 is 1.36 bits per heavy atom. The van der Waals surface area contributed by atoms with Gasteiger partial charge in [-0.05, 0) is 13.8 Å². The summed E-state index contributed by atoms with van der Waals surface area (Å²) < 4.78 is 0. The maximum atomic E-state index is 9.40. The first-order valence-electron chi connectivity index (χ1n) is 3.73. The molecule has 0 amide bonds. The molecule has 1 aliphatic rings. The number of aliphatic hydroxyl groups excluding tert-OH is 3. The number of hydrogen-bond donors (Lipinski definition) is 4. The van der Waals surface area contributed by atoms with Crippen LogP contribution in [0.5, 0.6) is 0 Å². The second-order valence-corrected chi connectivity index (χ2v) is 3.59. The highest BCUT2D eigenvalue weighted by Crippen LogP contribution is 2.23. The smallest absolute Gasteiger partial charge is 0.0992 e. The van der Waals surface area contributed by atoms with Gasteiger partial charge in [-0.2, -0.15) is 0 Å². The Bertz CT molecular complexity index is 149. The molecule has 0 aromatic rings. The molecule has 0 spiro atoms. The Hall–Kier alpha value is -0.160. The summed E-state index contributed by atoms with van der Waals surface area (Å²) in [6.45, 7) is 3.43. The van der Waals surface area contributed by atoms with E-state index in [-0.39, 0.29) is 6.61 Å². The van der Waals surface area contributed by atoms with Gasteiger partial charge in [-0.1, -0.05) is 0 Å². The van der Waals surface area contributed by atoms with E-state index in [9.17, 15) is 10.2 Å². The second kappa shape index (κ2) is 2.71. The Labute approximate surface area is 65.9 Å². The number of hydrogen-bond acceptors (Lipinski definition) is 4. The maximum Gasteiger partial charge on any atom is 0.0992 e. The Morgan fingerprint density at radius 2 is 1.91 bits per heavy atom. The molecule has 4 nitrogen and oxygen atoms in total. The summed E-state index contributed by atoms with van der Waals surface area (Å²) in [6.07, 6.45) is -1.67. The predicted molar refractivity (Wildman–Crippen MR) is 40.1 cm³/mol. The van der Waals surface area contributed by atoms with E-state index in [1.54, 1.807) is 13.8 Å². The number of rotatable bonds is 1. The first kappa shape index (κ1) is 8.93. The standard InChI is InChI=1S/C7H15NO3/c1-7(2)6(11)5(10)4(3-9)8-7/h4-6,8-11H,3H2,1-2H3. The molecule has 1 heterocycles. The molecule has 0 bridgehead atoms. The topological polar surface area (TPSA) is 72.7 Å². The molecule has 1 rings (SSSR count). The minimum atomic E-state index is -0.866. The van der Waals surface area contributed by atoms with Crippen molar-refractivity contribution in [2.24, 2.45) is 0 Å². The molecule has 3 unspecified atom stereocenters. The van der Waals surface area contributed by atoms with E-state index in [1.165, 1.54) is 0 Å². The molecular formula is C7H15NO3. The fourth-order valence-electron chi connectivity index (χ4n) is 1.45. The van der Waals surface area contributed by atoms with Gasteiger partial charge in [0.05, 0.1) is 24.9 Å². The van der Waals surface area contributed by atoms with Crippen LogP contribution in [0.25, 0.3) is 0 Å². The lowest BCUT2D eigenvalue weighted by Gasteiger charge is -2.22. The first-order chi connectivity index (χ1) is 4.99. The normalized spacial score (nSPS) is 42.8. The largest absolute Gasteiger partial charge is 0.395 e. The summed E-state index contributed by atoms with van der Waals surface area (Å²) in [5.74, 6) is 0. The van der Waals surface area contributed by atoms with Crippen molar-refractivity contribution in [1.82, 2.24) is 5.32 Å². The summed E-state index contributed by atoms with van der Waals surface area (Å²) in [5, 5.41) is 30.4. The van der Waals surface area contributed by atoms with Crippen LogP contribution in [-0.2, 0) is 0 Å². The van der Waals surface area contributed by atoms with Crippen LogP contribution >= 0.6 is 0 Å². The maximum absolute atomic E-state index is 9.40. The molecule has 0 saturated carbocycles. The van der Waals surface area contributed by atoms with Crippen molar-refractivity contribution in [2.45, 2.75) is 37.6 Å². The fourth-order valence-corrected chi connectivity index (χ4v) is 1.45. The minimum Gasteiger partial charge on any atom is -0.395 e. The van der Waals surface area contributed by atoms with Crippen LogP contribution in [0.2, 0.25) is 0 Å². The van der Waals surface area contributed by atoms with Gasteiger partial charge in [0, 0.05) is 5.54 Å². The second-order valence-electron chi connectivity index (χ2n) is 3.59. The van der Waals surface area contributed by atoms with Crippen molar-refractivity contribution < 1.29 is 15.3 Å². The van der Waals surface area contributed by atoms with Gasteiger partial charge in [-0.3, -0.25) is 0 Å². The van der Waals surface area contributed by atoms with Gasteiger partial charge in [0.1, 0.15) is 0 Å². The molecular weight excluding hydrogens is 146 g/mol. The minimum absolute atomic E-state index is 0.151. The van der Waals surface area contributed by atoms with E-state index < -0.39 is 23.8 Å². The summed E-state index contributed by atoms with van der Waals surface area (Å²) in [6, 6.07) is -0.403. The fraction of sp³-hybridized carbons (Fsp3) is 1.00. The van der Waals surface area contributed by atoms with Crippen LogP contribution in [-0.4, -0.2) is 45.7 Å². The molecule has 11 heavy (non-hydrogen) atoms. The van der Waals surface area contributed by atoms with Crippen LogP contribution in [0.3, 0.4) is 0 Å². The predicted octanol–water partition coefficient (Wildman–Crippen LogP) is -1.55. The molecule has 4 N–H and O–H groups in total. The van der Waals surface area contributed by atoms with Crippen molar-refractivity contribution in [3.8, 4) is 0 Å². The number of nitrogens with one attached hydrogen (secondary N) is 1. The van der Waals surface area contributed by atoms with E-state index in [4.69, 9.17) is 5.11 Å². The van der Waals surface area contributed by atoms with Crippen LogP contribution < -0.4 is 5.32 Å². The lowest BCUT2D eigenvalue weighted by atomic mass is 9.98. The first-order valence-corrected chi connectivity index (χ1v) is 3.73. The zero-order valence-corrected chi connectivity index (χ0v) is 6.78. The third-order valence-electron chi connectivity index (χ3n) is 2.23. The zero-order valence-electron chi connectivity index (χ0n) is 6.78. The molecule has 0 aliphatic carbocycles. The molecule has 0 radical (unpaired) electrons. The highest BCUT2D eigenvalue weighted by molar-refractivity contribution is 5.04. The van der Waals surface area contributed by atoms with Crippen LogP contribution in [0.4, 0.5) is 0 Å². The van der Waals surface area contributed by atoms with E-state index in [0.717, 1.165) is 0 Å². The Kier molecular flexibility index (Phi) is 2.20. The van der Waals surface area contributed by atoms with Crippen LogP contribution in [0, 0.1) is 0 Å². The molecule has 1 aliphatic heterocycles. The van der Waals surface area contributed by atoms with Gasteiger partial charge in [0.25, 0.3) is 0 Å². The van der Waals surface area contributed by atoms with Gasteiger partial charge < -0.3 is 20.6 Å². The molecule has 1 saturated heterocycles. The van der Waals surface area contributed by atoms with Crippen molar-refractivity contribution in [3.63, 3.8) is 0 Å². The third-order valence-corrected chi connectivity index (χ3v) is 2.23. The van der Waals surface area contributed by atoms with Crippen molar-refractivity contribution >= 4 is 0 Å². The molecule has 4 heteroatoms. The van der Waals surface area contributed by atoms with Crippen molar-refractivity contribution in [2.75, 3.05) is 6.61 Å². The SMILES string of the molecule is CC1(C)NC(CO)C(O)C1O.